The first-order valence-corrected chi connectivity index (χ1v) is 5.75. The highest BCUT2D eigenvalue weighted by atomic mass is 16.5. The van der Waals surface area contributed by atoms with Gasteiger partial charge in [0, 0.05) is 13.2 Å². The maximum absolute atomic E-state index is 8.75. The predicted molar refractivity (Wildman–Crippen MR) is 65.4 cm³/mol. The first kappa shape index (κ1) is 13.7. The maximum atomic E-state index is 8.75. The molecule has 4 heteroatoms. The van der Waals surface area contributed by atoms with Crippen molar-refractivity contribution in [3.8, 4) is 6.07 Å². The normalized spacial score (nSPS) is 10.1. The van der Waals surface area contributed by atoms with Crippen LogP contribution < -0.4 is 5.32 Å². The first-order valence-electron chi connectivity index (χ1n) is 5.75. The van der Waals surface area contributed by atoms with Crippen LogP contribution in [0, 0.1) is 11.3 Å². The Hall–Kier alpha value is -1.41. The fraction of sp³-hybridized carbons (Fsp3) is 0.462. The van der Waals surface area contributed by atoms with Gasteiger partial charge >= 0.3 is 0 Å². The lowest BCUT2D eigenvalue weighted by Crippen LogP contribution is -2.16. The van der Waals surface area contributed by atoms with E-state index in [9.17, 15) is 0 Å². The Morgan fingerprint density at radius 3 is 3.00 bits per heavy atom. The topological polar surface area (TPSA) is 65.3 Å². The molecule has 4 nitrogen and oxygen atoms in total. The van der Waals surface area contributed by atoms with Crippen molar-refractivity contribution in [3.63, 3.8) is 0 Å². The SMILES string of the molecule is N#Cc1cccc(CNCCCOCCO)c1. The van der Waals surface area contributed by atoms with Gasteiger partial charge in [-0.3, -0.25) is 0 Å². The van der Waals surface area contributed by atoms with E-state index in [1.54, 1.807) is 6.07 Å². The molecule has 0 spiro atoms. The molecule has 2 N–H and O–H groups in total. The van der Waals surface area contributed by atoms with E-state index in [1.165, 1.54) is 0 Å². The van der Waals surface area contributed by atoms with Crippen LogP contribution in [0.5, 0.6) is 0 Å². The van der Waals surface area contributed by atoms with Crippen LogP contribution in [0.3, 0.4) is 0 Å². The lowest BCUT2D eigenvalue weighted by atomic mass is 10.1. The van der Waals surface area contributed by atoms with E-state index in [1.807, 2.05) is 18.2 Å². The Morgan fingerprint density at radius 2 is 2.24 bits per heavy atom. The minimum absolute atomic E-state index is 0.0778. The second kappa shape index (κ2) is 8.71. The number of aliphatic hydroxyl groups excluding tert-OH is 1. The minimum atomic E-state index is 0.0778. The molecule has 0 fully saturated rings. The lowest BCUT2D eigenvalue weighted by Gasteiger charge is -2.05. The summed E-state index contributed by atoms with van der Waals surface area (Å²) in [6.07, 6.45) is 0.915. The zero-order valence-corrected chi connectivity index (χ0v) is 9.85. The highest BCUT2D eigenvalue weighted by molar-refractivity contribution is 5.32. The number of hydrogen-bond donors (Lipinski definition) is 2. The fourth-order valence-electron chi connectivity index (χ4n) is 1.45. The van der Waals surface area contributed by atoms with E-state index in [2.05, 4.69) is 11.4 Å². The van der Waals surface area contributed by atoms with Crippen LogP contribution in [-0.2, 0) is 11.3 Å². The average Bonchev–Trinajstić information content (AvgIpc) is 2.38. The van der Waals surface area contributed by atoms with Gasteiger partial charge in [-0.2, -0.15) is 5.26 Å². The second-order valence-corrected chi connectivity index (χ2v) is 3.68. The van der Waals surface area contributed by atoms with Gasteiger partial charge in [0.1, 0.15) is 0 Å². The average molecular weight is 234 g/mol. The standard InChI is InChI=1S/C13H18N2O2/c14-10-12-3-1-4-13(9-12)11-15-5-2-7-17-8-6-16/h1,3-4,9,15-16H,2,5-8,11H2. The van der Waals surface area contributed by atoms with Gasteiger partial charge in [-0.25, -0.2) is 0 Å². The molecule has 0 amide bonds. The van der Waals surface area contributed by atoms with Crippen molar-refractivity contribution in [1.82, 2.24) is 5.32 Å². The molecule has 17 heavy (non-hydrogen) atoms. The highest BCUT2D eigenvalue weighted by Gasteiger charge is 1.95. The number of aliphatic hydroxyl groups is 1. The van der Waals surface area contributed by atoms with Gasteiger partial charge in [0.15, 0.2) is 0 Å². The molecule has 0 aliphatic carbocycles. The van der Waals surface area contributed by atoms with E-state index in [0.717, 1.165) is 25.1 Å². The first-order chi connectivity index (χ1) is 8.36. The monoisotopic (exact) mass is 234 g/mol. The van der Waals surface area contributed by atoms with Gasteiger partial charge in [0.25, 0.3) is 0 Å². The third-order valence-electron chi connectivity index (χ3n) is 2.26. The summed E-state index contributed by atoms with van der Waals surface area (Å²) in [5, 5.41) is 20.5. The minimum Gasteiger partial charge on any atom is -0.394 e. The summed E-state index contributed by atoms with van der Waals surface area (Å²) in [6.45, 7) is 2.77. The fourth-order valence-corrected chi connectivity index (χ4v) is 1.45. The molecule has 92 valence electrons. The molecule has 0 aromatic heterocycles. The molecule has 0 aliphatic heterocycles. The van der Waals surface area contributed by atoms with Crippen LogP contribution in [0.15, 0.2) is 24.3 Å². The zero-order chi connectivity index (χ0) is 12.3. The second-order valence-electron chi connectivity index (χ2n) is 3.68. The molecule has 1 aromatic rings. The molecule has 0 unspecified atom stereocenters. The molecule has 0 radical (unpaired) electrons. The molecule has 0 saturated carbocycles. The number of ether oxygens (including phenoxy) is 1. The van der Waals surface area contributed by atoms with E-state index in [0.29, 0.717) is 18.8 Å². The molecular weight excluding hydrogens is 216 g/mol. The molecular formula is C13H18N2O2. The third-order valence-corrected chi connectivity index (χ3v) is 2.26. The number of nitrogens with one attached hydrogen (secondary N) is 1. The Labute approximate surface area is 102 Å². The number of rotatable bonds is 8. The van der Waals surface area contributed by atoms with Crippen molar-refractivity contribution in [2.45, 2.75) is 13.0 Å². The highest BCUT2D eigenvalue weighted by Crippen LogP contribution is 2.03. The van der Waals surface area contributed by atoms with Crippen molar-refractivity contribution in [2.75, 3.05) is 26.4 Å². The molecule has 0 saturated heterocycles. The quantitative estimate of drug-likeness (QED) is 0.660. The summed E-state index contributed by atoms with van der Waals surface area (Å²) in [4.78, 5) is 0. The number of hydrogen-bond acceptors (Lipinski definition) is 4. The summed E-state index contributed by atoms with van der Waals surface area (Å²) in [5.74, 6) is 0. The van der Waals surface area contributed by atoms with Crippen LogP contribution in [0.25, 0.3) is 0 Å². The van der Waals surface area contributed by atoms with Crippen LogP contribution in [0.2, 0.25) is 0 Å². The van der Waals surface area contributed by atoms with Gasteiger partial charge in [-0.05, 0) is 30.7 Å². The number of benzene rings is 1. The van der Waals surface area contributed by atoms with E-state index < -0.39 is 0 Å². The third kappa shape index (κ3) is 6.03. The summed E-state index contributed by atoms with van der Waals surface area (Å²) in [5.41, 5.74) is 1.80. The smallest absolute Gasteiger partial charge is 0.0991 e. The van der Waals surface area contributed by atoms with Crippen LogP contribution in [0.1, 0.15) is 17.5 Å². The largest absolute Gasteiger partial charge is 0.394 e. The van der Waals surface area contributed by atoms with Gasteiger partial charge in [-0.1, -0.05) is 12.1 Å². The summed E-state index contributed by atoms with van der Waals surface area (Å²) in [6, 6.07) is 9.69. The maximum Gasteiger partial charge on any atom is 0.0991 e. The lowest BCUT2D eigenvalue weighted by molar-refractivity contribution is 0.0907. The molecule has 1 rings (SSSR count). The Bertz CT molecular complexity index is 361. The van der Waals surface area contributed by atoms with Crippen LogP contribution in [-0.4, -0.2) is 31.5 Å². The van der Waals surface area contributed by atoms with E-state index in [-0.39, 0.29) is 6.61 Å². The molecule has 1 aromatic carbocycles. The van der Waals surface area contributed by atoms with Gasteiger partial charge in [0.05, 0.1) is 24.8 Å². The van der Waals surface area contributed by atoms with Crippen molar-refractivity contribution in [3.05, 3.63) is 35.4 Å². The Morgan fingerprint density at radius 1 is 1.35 bits per heavy atom. The zero-order valence-electron chi connectivity index (χ0n) is 9.85. The van der Waals surface area contributed by atoms with Crippen LogP contribution >= 0.6 is 0 Å². The van der Waals surface area contributed by atoms with Gasteiger partial charge in [0.2, 0.25) is 0 Å². The predicted octanol–water partition coefficient (Wildman–Crippen LogP) is 1.05. The molecule has 0 heterocycles. The van der Waals surface area contributed by atoms with Crippen LogP contribution in [0.4, 0.5) is 0 Å². The number of nitriles is 1. The van der Waals surface area contributed by atoms with E-state index in [4.69, 9.17) is 15.1 Å². The summed E-state index contributed by atoms with van der Waals surface area (Å²) >= 11 is 0. The van der Waals surface area contributed by atoms with E-state index >= 15 is 0 Å². The Kier molecular flexibility index (Phi) is 6.99. The van der Waals surface area contributed by atoms with Gasteiger partial charge < -0.3 is 15.2 Å². The molecule has 0 aliphatic rings. The Balaban J connectivity index is 2.12. The summed E-state index contributed by atoms with van der Waals surface area (Å²) in [7, 11) is 0. The number of nitrogens with zero attached hydrogens (tertiary/aromatic N) is 1. The summed E-state index contributed by atoms with van der Waals surface area (Å²) < 4.78 is 5.14. The van der Waals surface area contributed by atoms with Crippen molar-refractivity contribution >= 4 is 0 Å². The van der Waals surface area contributed by atoms with Crippen molar-refractivity contribution in [2.24, 2.45) is 0 Å². The van der Waals surface area contributed by atoms with Crippen molar-refractivity contribution < 1.29 is 9.84 Å². The van der Waals surface area contributed by atoms with Gasteiger partial charge in [-0.15, -0.1) is 0 Å². The molecule has 0 bridgehead atoms. The molecule has 0 atom stereocenters. The van der Waals surface area contributed by atoms with Crippen molar-refractivity contribution in [1.29, 1.82) is 5.26 Å².